The van der Waals surface area contributed by atoms with Crippen LogP contribution in [0.1, 0.15) is 32.3 Å². The van der Waals surface area contributed by atoms with Crippen LogP contribution in [0.5, 0.6) is 0 Å². The minimum absolute atomic E-state index is 0.0204. The molecule has 0 aliphatic rings. The molecule has 0 bridgehead atoms. The number of hydrogen-bond acceptors (Lipinski definition) is 5. The minimum Gasteiger partial charge on any atom is -0.289 e. The normalized spacial score (nSPS) is 13.4. The zero-order valence-corrected chi connectivity index (χ0v) is 22.0. The highest BCUT2D eigenvalue weighted by Crippen LogP contribution is 2.29. The van der Waals surface area contributed by atoms with Gasteiger partial charge in [0.15, 0.2) is 0 Å². The lowest BCUT2D eigenvalue weighted by atomic mass is 9.82. The van der Waals surface area contributed by atoms with Crippen LogP contribution in [0.15, 0.2) is 78.9 Å². The van der Waals surface area contributed by atoms with Crippen LogP contribution in [0.25, 0.3) is 16.8 Å². The smallest absolute Gasteiger partial charge is 0.249 e. The molecule has 3 aromatic rings. The lowest BCUT2D eigenvalue weighted by Gasteiger charge is -2.30. The molecule has 8 nitrogen and oxygen atoms in total. The summed E-state index contributed by atoms with van der Waals surface area (Å²) in [7, 11) is -3.93. The van der Waals surface area contributed by atoms with Crippen molar-refractivity contribution >= 4 is 44.4 Å². The maximum atomic E-state index is 13.6. The number of anilines is 1. The lowest BCUT2D eigenvalue weighted by Crippen LogP contribution is -2.51. The molecule has 0 spiro atoms. The number of rotatable bonds is 11. The van der Waals surface area contributed by atoms with Crippen molar-refractivity contribution in [2.45, 2.75) is 26.7 Å². The van der Waals surface area contributed by atoms with Crippen LogP contribution in [-0.4, -0.2) is 31.7 Å². The monoisotopic (exact) mass is 523 g/mol. The number of benzene rings is 3. The predicted molar refractivity (Wildman–Crippen MR) is 146 cm³/mol. The van der Waals surface area contributed by atoms with Gasteiger partial charge in [0, 0.05) is 5.39 Å². The molecule has 0 aromatic heterocycles. The zero-order valence-electron chi connectivity index (χ0n) is 21.2. The first-order valence-corrected chi connectivity index (χ1v) is 13.9. The number of hydrogen-bond donors (Lipinski definition) is 3. The highest BCUT2D eigenvalue weighted by atomic mass is 32.2. The van der Waals surface area contributed by atoms with Crippen molar-refractivity contribution in [1.82, 2.24) is 10.9 Å². The molecular formula is C28H33N3O5S. The van der Waals surface area contributed by atoms with Crippen molar-refractivity contribution in [2.24, 2.45) is 17.8 Å². The Hall–Kier alpha value is -3.69. The molecule has 3 N–H and O–H groups in total. The standard InChI is InChI=1S/C28H33N3O5S/c1-20(2)19-25(24(28(33)30-34)17-9-13-21-11-5-4-6-12-21)27(32)29-31(37(3,35)36)26-18-10-15-22-14-7-8-16-23(22)26/h4-16,18,20,24-25,34H,17,19H2,1-3H3,(H,29,32)(H,30,33)/t24-,25+/m0/s1. The van der Waals surface area contributed by atoms with Gasteiger partial charge in [-0.05, 0) is 35.8 Å². The van der Waals surface area contributed by atoms with Crippen molar-refractivity contribution in [3.63, 3.8) is 0 Å². The molecule has 3 rings (SSSR count). The first kappa shape index (κ1) is 27.9. The molecule has 9 heteroatoms. The van der Waals surface area contributed by atoms with Crippen LogP contribution in [-0.2, 0) is 19.6 Å². The van der Waals surface area contributed by atoms with Crippen LogP contribution in [0, 0.1) is 17.8 Å². The number of allylic oxidation sites excluding steroid dienone is 1. The van der Waals surface area contributed by atoms with Gasteiger partial charge in [-0.3, -0.25) is 20.2 Å². The van der Waals surface area contributed by atoms with Gasteiger partial charge < -0.3 is 0 Å². The van der Waals surface area contributed by atoms with E-state index in [4.69, 9.17) is 0 Å². The number of nitrogens with zero attached hydrogens (tertiary/aromatic N) is 1. The van der Waals surface area contributed by atoms with Gasteiger partial charge in [0.2, 0.25) is 21.8 Å². The average molecular weight is 524 g/mol. The summed E-state index contributed by atoms with van der Waals surface area (Å²) in [6.45, 7) is 3.82. The summed E-state index contributed by atoms with van der Waals surface area (Å²) in [6.07, 6.45) is 5.08. The van der Waals surface area contributed by atoms with Crippen LogP contribution in [0.3, 0.4) is 0 Å². The second-order valence-corrected chi connectivity index (χ2v) is 11.2. The number of sulfonamides is 1. The van der Waals surface area contributed by atoms with E-state index in [1.54, 1.807) is 35.8 Å². The van der Waals surface area contributed by atoms with Crippen molar-refractivity contribution in [1.29, 1.82) is 0 Å². The SMILES string of the molecule is CC(C)C[C@@H](C(=O)NN(c1cccc2ccccc12)S(C)(=O)=O)[C@H](CC=Cc1ccccc1)C(=O)NO. The van der Waals surface area contributed by atoms with E-state index in [2.05, 4.69) is 5.43 Å². The van der Waals surface area contributed by atoms with E-state index in [1.807, 2.05) is 68.5 Å². The molecule has 2 amide bonds. The van der Waals surface area contributed by atoms with Crippen molar-refractivity contribution < 1.29 is 23.2 Å². The Morgan fingerprint density at radius 1 is 0.919 bits per heavy atom. The molecule has 0 radical (unpaired) electrons. The summed E-state index contributed by atoms with van der Waals surface area (Å²) in [5.74, 6) is -3.16. The fraction of sp³-hybridized carbons (Fsp3) is 0.286. The zero-order chi connectivity index (χ0) is 27.0. The van der Waals surface area contributed by atoms with Gasteiger partial charge in [-0.15, -0.1) is 0 Å². The van der Waals surface area contributed by atoms with Crippen LogP contribution >= 0.6 is 0 Å². The summed E-state index contributed by atoms with van der Waals surface area (Å²) in [5.41, 5.74) is 5.46. The van der Waals surface area contributed by atoms with Gasteiger partial charge >= 0.3 is 0 Å². The molecule has 3 aromatic carbocycles. The minimum atomic E-state index is -3.93. The van der Waals surface area contributed by atoms with Gasteiger partial charge in [-0.1, -0.05) is 92.7 Å². The van der Waals surface area contributed by atoms with E-state index in [0.29, 0.717) is 17.5 Å². The molecule has 0 unspecified atom stereocenters. The highest BCUT2D eigenvalue weighted by molar-refractivity contribution is 7.92. The first-order chi connectivity index (χ1) is 17.6. The summed E-state index contributed by atoms with van der Waals surface area (Å²) >= 11 is 0. The predicted octanol–water partition coefficient (Wildman–Crippen LogP) is 4.52. The maximum absolute atomic E-state index is 13.6. The number of fused-ring (bicyclic) bond motifs is 1. The number of hydroxylamine groups is 1. The quantitative estimate of drug-likeness (QED) is 0.252. The molecule has 0 heterocycles. The Kier molecular flexibility index (Phi) is 9.43. The van der Waals surface area contributed by atoms with E-state index in [0.717, 1.165) is 21.6 Å². The maximum Gasteiger partial charge on any atom is 0.249 e. The molecule has 0 aliphatic heterocycles. The fourth-order valence-electron chi connectivity index (χ4n) is 4.30. The summed E-state index contributed by atoms with van der Waals surface area (Å²) < 4.78 is 26.5. The number of amides is 2. The van der Waals surface area contributed by atoms with Gasteiger partial charge in [0.1, 0.15) is 0 Å². The van der Waals surface area contributed by atoms with Crippen LogP contribution in [0.4, 0.5) is 5.69 Å². The van der Waals surface area contributed by atoms with Gasteiger partial charge in [0.05, 0.1) is 23.8 Å². The van der Waals surface area contributed by atoms with Crippen molar-refractivity contribution in [3.05, 3.63) is 84.4 Å². The Labute approximate surface area is 218 Å². The molecule has 196 valence electrons. The second-order valence-electron chi connectivity index (χ2n) is 9.37. The average Bonchev–Trinajstić information content (AvgIpc) is 2.87. The van der Waals surface area contributed by atoms with Gasteiger partial charge in [-0.25, -0.2) is 13.9 Å². The molecule has 0 saturated carbocycles. The summed E-state index contributed by atoms with van der Waals surface area (Å²) in [5, 5.41) is 10.9. The van der Waals surface area contributed by atoms with E-state index >= 15 is 0 Å². The second kappa shape index (κ2) is 12.5. The summed E-state index contributed by atoms with van der Waals surface area (Å²) in [6, 6.07) is 21.9. The van der Waals surface area contributed by atoms with E-state index in [1.165, 1.54) is 0 Å². The third-order valence-corrected chi connectivity index (χ3v) is 6.97. The lowest BCUT2D eigenvalue weighted by molar-refractivity contribution is -0.140. The Morgan fingerprint density at radius 3 is 2.22 bits per heavy atom. The Bertz CT molecular complexity index is 1350. The largest absolute Gasteiger partial charge is 0.289 e. The molecular weight excluding hydrogens is 490 g/mol. The molecule has 37 heavy (non-hydrogen) atoms. The number of carbonyl (C=O) groups is 2. The first-order valence-electron chi connectivity index (χ1n) is 12.1. The third-order valence-electron chi connectivity index (χ3n) is 6.02. The topological polar surface area (TPSA) is 116 Å². The van der Waals surface area contributed by atoms with Crippen LogP contribution < -0.4 is 15.3 Å². The Morgan fingerprint density at radius 2 is 1.57 bits per heavy atom. The summed E-state index contributed by atoms with van der Waals surface area (Å²) in [4.78, 5) is 26.3. The number of carbonyl (C=O) groups excluding carboxylic acids is 2. The van der Waals surface area contributed by atoms with Crippen LogP contribution in [0.2, 0.25) is 0 Å². The van der Waals surface area contributed by atoms with Crippen molar-refractivity contribution in [3.8, 4) is 0 Å². The number of nitrogens with one attached hydrogen (secondary N) is 2. The third kappa shape index (κ3) is 7.41. The highest BCUT2D eigenvalue weighted by Gasteiger charge is 2.35. The molecule has 2 atom stereocenters. The molecule has 0 aliphatic carbocycles. The van der Waals surface area contributed by atoms with E-state index in [-0.39, 0.29) is 12.3 Å². The van der Waals surface area contributed by atoms with E-state index < -0.39 is 33.7 Å². The number of hydrazine groups is 1. The van der Waals surface area contributed by atoms with Gasteiger partial charge in [-0.2, -0.15) is 4.41 Å². The Balaban J connectivity index is 1.96. The van der Waals surface area contributed by atoms with Gasteiger partial charge in [0.25, 0.3) is 0 Å². The molecule has 0 fully saturated rings. The van der Waals surface area contributed by atoms with E-state index in [9.17, 15) is 23.2 Å². The molecule has 0 saturated heterocycles. The van der Waals surface area contributed by atoms with Crippen molar-refractivity contribution in [2.75, 3.05) is 10.7 Å². The fourth-order valence-corrected chi connectivity index (χ4v) is 5.08.